The number of nitrogens with one attached hydrogen (secondary N) is 1. The van der Waals surface area contributed by atoms with Gasteiger partial charge in [-0.3, -0.25) is 9.48 Å². The Labute approximate surface area is 99.6 Å². The molecule has 0 aromatic carbocycles. The number of amides is 1. The van der Waals surface area contributed by atoms with Crippen LogP contribution in [0.3, 0.4) is 0 Å². The topological polar surface area (TPSA) is 84.2 Å². The summed E-state index contributed by atoms with van der Waals surface area (Å²) in [5, 5.41) is 15.4. The molecular weight excluding hydrogens is 222 g/mol. The van der Waals surface area contributed by atoms with Gasteiger partial charge in [0, 0.05) is 5.69 Å². The molecule has 0 saturated heterocycles. The molecule has 6 nitrogen and oxygen atoms in total. The van der Waals surface area contributed by atoms with E-state index in [0.29, 0.717) is 6.42 Å². The number of rotatable bonds is 5. The Balaban J connectivity index is 2.61. The molecule has 2 N–H and O–H groups in total. The van der Waals surface area contributed by atoms with Crippen molar-refractivity contribution in [2.24, 2.45) is 0 Å². The minimum absolute atomic E-state index is 0.0451. The lowest BCUT2D eigenvalue weighted by Crippen LogP contribution is -2.42. The zero-order chi connectivity index (χ0) is 13.0. The highest BCUT2D eigenvalue weighted by molar-refractivity contribution is 5.83. The third-order valence-corrected chi connectivity index (χ3v) is 2.44. The molecule has 6 heteroatoms. The first-order valence-electron chi connectivity index (χ1n) is 5.47. The monoisotopic (exact) mass is 239 g/mol. The number of aliphatic carboxylic acids is 1. The molecule has 1 heterocycles. The van der Waals surface area contributed by atoms with Crippen LogP contribution >= 0.6 is 0 Å². The van der Waals surface area contributed by atoms with Crippen LogP contribution in [0.1, 0.15) is 24.7 Å². The van der Waals surface area contributed by atoms with Gasteiger partial charge >= 0.3 is 5.97 Å². The molecule has 0 radical (unpaired) electrons. The summed E-state index contributed by atoms with van der Waals surface area (Å²) in [4.78, 5) is 22.4. The predicted molar refractivity (Wildman–Crippen MR) is 61.6 cm³/mol. The zero-order valence-corrected chi connectivity index (χ0v) is 10.2. The number of carbonyl (C=O) groups excluding carboxylic acids is 1. The standard InChI is InChI=1S/C11H17N3O3/c1-4-9(11(16)17)12-10(15)6-14-8(3)5-7(2)13-14/h5,9H,4,6H2,1-3H3,(H,12,15)(H,16,17). The second-order valence-electron chi connectivity index (χ2n) is 3.95. The summed E-state index contributed by atoms with van der Waals surface area (Å²) in [6.45, 7) is 5.45. The van der Waals surface area contributed by atoms with Crippen LogP contribution in [0.25, 0.3) is 0 Å². The molecule has 1 atom stereocenters. The predicted octanol–water partition coefficient (Wildman–Crippen LogP) is 0.479. The highest BCUT2D eigenvalue weighted by Crippen LogP contribution is 2.01. The lowest BCUT2D eigenvalue weighted by Gasteiger charge is -2.12. The van der Waals surface area contributed by atoms with Crippen LogP contribution in [-0.2, 0) is 16.1 Å². The third kappa shape index (κ3) is 3.58. The van der Waals surface area contributed by atoms with E-state index in [1.165, 1.54) is 0 Å². The molecule has 0 fully saturated rings. The Morgan fingerprint density at radius 2 is 2.18 bits per heavy atom. The van der Waals surface area contributed by atoms with Crippen molar-refractivity contribution in [1.82, 2.24) is 15.1 Å². The van der Waals surface area contributed by atoms with Crippen LogP contribution in [-0.4, -0.2) is 32.8 Å². The van der Waals surface area contributed by atoms with Crippen LogP contribution in [0.2, 0.25) is 0 Å². The number of carboxylic acids is 1. The van der Waals surface area contributed by atoms with Gasteiger partial charge in [-0.05, 0) is 26.3 Å². The molecule has 0 aliphatic heterocycles. The molecule has 1 unspecified atom stereocenters. The molecule has 0 aliphatic carbocycles. The highest BCUT2D eigenvalue weighted by Gasteiger charge is 2.18. The van der Waals surface area contributed by atoms with Crippen molar-refractivity contribution >= 4 is 11.9 Å². The van der Waals surface area contributed by atoms with E-state index < -0.39 is 12.0 Å². The van der Waals surface area contributed by atoms with Crippen molar-refractivity contribution in [1.29, 1.82) is 0 Å². The van der Waals surface area contributed by atoms with Crippen LogP contribution in [0.15, 0.2) is 6.07 Å². The first-order valence-corrected chi connectivity index (χ1v) is 5.47. The number of aromatic nitrogens is 2. The van der Waals surface area contributed by atoms with Crippen molar-refractivity contribution in [3.05, 3.63) is 17.5 Å². The Hall–Kier alpha value is -1.85. The smallest absolute Gasteiger partial charge is 0.326 e. The van der Waals surface area contributed by atoms with E-state index in [0.717, 1.165) is 11.4 Å². The lowest BCUT2D eigenvalue weighted by atomic mass is 10.2. The zero-order valence-electron chi connectivity index (χ0n) is 10.2. The molecule has 17 heavy (non-hydrogen) atoms. The first-order chi connectivity index (χ1) is 7.93. The van der Waals surface area contributed by atoms with Crippen LogP contribution in [0.5, 0.6) is 0 Å². The van der Waals surface area contributed by atoms with E-state index in [2.05, 4.69) is 10.4 Å². The fraction of sp³-hybridized carbons (Fsp3) is 0.545. The number of hydrogen-bond donors (Lipinski definition) is 2. The molecular formula is C11H17N3O3. The van der Waals surface area contributed by atoms with E-state index in [9.17, 15) is 9.59 Å². The molecule has 1 aromatic rings. The van der Waals surface area contributed by atoms with E-state index in [4.69, 9.17) is 5.11 Å². The second-order valence-corrected chi connectivity index (χ2v) is 3.95. The quantitative estimate of drug-likeness (QED) is 0.782. The third-order valence-electron chi connectivity index (χ3n) is 2.44. The summed E-state index contributed by atoms with van der Waals surface area (Å²) in [6.07, 6.45) is 0.359. The SMILES string of the molecule is CCC(NC(=O)Cn1nc(C)cc1C)C(=O)O. The summed E-state index contributed by atoms with van der Waals surface area (Å²) in [7, 11) is 0. The largest absolute Gasteiger partial charge is 0.480 e. The van der Waals surface area contributed by atoms with Crippen molar-refractivity contribution in [2.75, 3.05) is 0 Å². The minimum atomic E-state index is -1.02. The minimum Gasteiger partial charge on any atom is -0.480 e. The molecule has 0 saturated carbocycles. The Morgan fingerprint density at radius 1 is 1.53 bits per heavy atom. The van der Waals surface area contributed by atoms with E-state index in [-0.39, 0.29) is 12.5 Å². The van der Waals surface area contributed by atoms with Crippen molar-refractivity contribution < 1.29 is 14.7 Å². The van der Waals surface area contributed by atoms with Crippen LogP contribution in [0, 0.1) is 13.8 Å². The van der Waals surface area contributed by atoms with Gasteiger partial charge in [-0.15, -0.1) is 0 Å². The average Bonchev–Trinajstić information content (AvgIpc) is 2.53. The maximum Gasteiger partial charge on any atom is 0.326 e. The Morgan fingerprint density at radius 3 is 2.59 bits per heavy atom. The molecule has 94 valence electrons. The summed E-state index contributed by atoms with van der Waals surface area (Å²) in [5.41, 5.74) is 1.71. The van der Waals surface area contributed by atoms with Gasteiger partial charge in [0.05, 0.1) is 5.69 Å². The molecule has 0 bridgehead atoms. The second kappa shape index (κ2) is 5.47. The number of aryl methyl sites for hydroxylation is 2. The number of hydrogen-bond acceptors (Lipinski definition) is 3. The van der Waals surface area contributed by atoms with E-state index in [1.807, 2.05) is 19.9 Å². The van der Waals surface area contributed by atoms with Gasteiger partial charge in [0.1, 0.15) is 12.6 Å². The molecule has 0 aliphatic rings. The van der Waals surface area contributed by atoms with Gasteiger partial charge in [-0.1, -0.05) is 6.92 Å². The number of carbonyl (C=O) groups is 2. The maximum atomic E-state index is 11.6. The Kier molecular flexibility index (Phi) is 4.25. The van der Waals surface area contributed by atoms with E-state index >= 15 is 0 Å². The maximum absolute atomic E-state index is 11.6. The normalized spacial score (nSPS) is 12.2. The average molecular weight is 239 g/mol. The number of nitrogens with zero attached hydrogens (tertiary/aromatic N) is 2. The van der Waals surface area contributed by atoms with Crippen LogP contribution < -0.4 is 5.32 Å². The number of carboxylic acid groups (broad SMARTS) is 1. The summed E-state index contributed by atoms with van der Waals surface area (Å²) in [5.74, 6) is -1.36. The van der Waals surface area contributed by atoms with Crippen LogP contribution in [0.4, 0.5) is 0 Å². The van der Waals surface area contributed by atoms with Gasteiger partial charge in [-0.25, -0.2) is 4.79 Å². The first kappa shape index (κ1) is 13.2. The van der Waals surface area contributed by atoms with Gasteiger partial charge in [-0.2, -0.15) is 5.10 Å². The molecule has 1 amide bonds. The van der Waals surface area contributed by atoms with Gasteiger partial charge in [0.25, 0.3) is 0 Å². The van der Waals surface area contributed by atoms with Crippen molar-refractivity contribution in [3.8, 4) is 0 Å². The molecule has 0 spiro atoms. The van der Waals surface area contributed by atoms with Gasteiger partial charge in [0.15, 0.2) is 0 Å². The Bertz CT molecular complexity index is 426. The van der Waals surface area contributed by atoms with Gasteiger partial charge < -0.3 is 10.4 Å². The fourth-order valence-electron chi connectivity index (χ4n) is 1.55. The summed E-state index contributed by atoms with van der Waals surface area (Å²) in [6, 6.07) is 1.03. The van der Waals surface area contributed by atoms with Crippen molar-refractivity contribution in [2.45, 2.75) is 39.8 Å². The van der Waals surface area contributed by atoms with Crippen molar-refractivity contribution in [3.63, 3.8) is 0 Å². The summed E-state index contributed by atoms with van der Waals surface area (Å²) < 4.78 is 1.55. The molecule has 1 rings (SSSR count). The summed E-state index contributed by atoms with van der Waals surface area (Å²) >= 11 is 0. The van der Waals surface area contributed by atoms with Gasteiger partial charge in [0.2, 0.25) is 5.91 Å². The van der Waals surface area contributed by atoms with E-state index in [1.54, 1.807) is 11.6 Å². The fourth-order valence-corrected chi connectivity index (χ4v) is 1.55. The highest BCUT2D eigenvalue weighted by atomic mass is 16.4. The lowest BCUT2D eigenvalue weighted by molar-refractivity contribution is -0.142. The molecule has 1 aromatic heterocycles.